The molecule has 0 saturated carbocycles. The molecule has 4 rings (SSSR count). The lowest BCUT2D eigenvalue weighted by atomic mass is 10.1. The van der Waals surface area contributed by atoms with Crippen molar-refractivity contribution in [1.29, 1.82) is 0 Å². The van der Waals surface area contributed by atoms with Crippen molar-refractivity contribution in [2.24, 2.45) is 0 Å². The fraction of sp³-hybridized carbons (Fsp3) is 0.182. The van der Waals surface area contributed by atoms with E-state index in [1.165, 1.54) is 23.3 Å². The zero-order valence-corrected chi connectivity index (χ0v) is 15.6. The average Bonchev–Trinajstić information content (AvgIpc) is 3.04. The zero-order valence-electron chi connectivity index (χ0n) is 14.8. The van der Waals surface area contributed by atoms with Gasteiger partial charge in [-0.15, -0.1) is 0 Å². The summed E-state index contributed by atoms with van der Waals surface area (Å²) in [5.41, 5.74) is 12.2. The van der Waals surface area contributed by atoms with E-state index >= 15 is 0 Å². The molecule has 1 atom stereocenters. The minimum Gasteiger partial charge on any atom is -0.397 e. The fourth-order valence-electron chi connectivity index (χ4n) is 3.58. The zero-order chi connectivity index (χ0) is 18.8. The van der Waals surface area contributed by atoms with Gasteiger partial charge in [0.15, 0.2) is 0 Å². The van der Waals surface area contributed by atoms with Gasteiger partial charge in [0, 0.05) is 23.3 Å². The van der Waals surface area contributed by atoms with Gasteiger partial charge in [-0.1, -0.05) is 35.9 Å². The van der Waals surface area contributed by atoms with Crippen LogP contribution in [-0.4, -0.2) is 6.04 Å². The van der Waals surface area contributed by atoms with Crippen molar-refractivity contribution in [1.82, 2.24) is 5.32 Å². The van der Waals surface area contributed by atoms with Crippen LogP contribution in [0.1, 0.15) is 16.7 Å². The van der Waals surface area contributed by atoms with Crippen molar-refractivity contribution >= 4 is 28.7 Å². The molecule has 0 aliphatic heterocycles. The summed E-state index contributed by atoms with van der Waals surface area (Å²) in [5.74, 6) is -0.280. The molecule has 3 nitrogen and oxygen atoms in total. The number of nitrogens with two attached hydrogens (primary N) is 1. The summed E-state index contributed by atoms with van der Waals surface area (Å²) in [5, 5.41) is 7.58. The number of benzene rings is 3. The molecule has 0 heterocycles. The Kier molecular flexibility index (Phi) is 5.01. The van der Waals surface area contributed by atoms with Gasteiger partial charge in [0.1, 0.15) is 5.82 Å². The number of anilines is 3. The molecule has 0 bridgehead atoms. The minimum absolute atomic E-state index is 0.280. The lowest BCUT2D eigenvalue weighted by Gasteiger charge is -2.16. The van der Waals surface area contributed by atoms with Crippen LogP contribution in [0.2, 0.25) is 5.02 Å². The second-order valence-corrected chi connectivity index (χ2v) is 7.35. The Hall–Kier alpha value is -2.56. The van der Waals surface area contributed by atoms with Crippen molar-refractivity contribution < 1.29 is 4.39 Å². The van der Waals surface area contributed by atoms with E-state index in [0.717, 1.165) is 29.1 Å². The van der Waals surface area contributed by atoms with Crippen LogP contribution in [-0.2, 0) is 19.4 Å². The molecule has 27 heavy (non-hydrogen) atoms. The minimum atomic E-state index is -0.280. The predicted octanol–water partition coefficient (Wildman–Crippen LogP) is 5.06. The molecule has 4 N–H and O–H groups in total. The standard InChI is InChI=1S/C22H21ClFN3/c23-17-8-7-14-10-20(11-16(14)9-17)26-13-15-3-1-6-21(22(15)25)27-19-5-2-4-18(24)12-19/h1-9,12,20,26-27H,10-11,13,25H2. The lowest BCUT2D eigenvalue weighted by molar-refractivity contribution is 0.533. The van der Waals surface area contributed by atoms with Crippen molar-refractivity contribution in [3.63, 3.8) is 0 Å². The summed E-state index contributed by atoms with van der Waals surface area (Å²) in [4.78, 5) is 0. The van der Waals surface area contributed by atoms with Crippen LogP contribution in [0.3, 0.4) is 0 Å². The Balaban J connectivity index is 1.43. The van der Waals surface area contributed by atoms with Crippen LogP contribution in [0.25, 0.3) is 0 Å². The van der Waals surface area contributed by atoms with E-state index in [2.05, 4.69) is 22.8 Å². The summed E-state index contributed by atoms with van der Waals surface area (Å²) >= 11 is 6.09. The first-order valence-corrected chi connectivity index (χ1v) is 9.37. The van der Waals surface area contributed by atoms with E-state index in [4.69, 9.17) is 17.3 Å². The second-order valence-electron chi connectivity index (χ2n) is 6.91. The van der Waals surface area contributed by atoms with Crippen LogP contribution in [0.5, 0.6) is 0 Å². The number of nitrogens with one attached hydrogen (secondary N) is 2. The van der Waals surface area contributed by atoms with Crippen molar-refractivity contribution in [3.05, 3.63) is 88.2 Å². The molecule has 0 fully saturated rings. The van der Waals surface area contributed by atoms with Gasteiger partial charge in [-0.25, -0.2) is 4.39 Å². The van der Waals surface area contributed by atoms with E-state index in [1.54, 1.807) is 6.07 Å². The van der Waals surface area contributed by atoms with Gasteiger partial charge in [-0.2, -0.15) is 0 Å². The first kappa shape index (κ1) is 17.8. The average molecular weight is 382 g/mol. The number of hydrogen-bond acceptors (Lipinski definition) is 3. The van der Waals surface area contributed by atoms with E-state index < -0.39 is 0 Å². The number of para-hydroxylation sites is 1. The van der Waals surface area contributed by atoms with Crippen molar-refractivity contribution in [2.75, 3.05) is 11.1 Å². The molecular weight excluding hydrogens is 361 g/mol. The Morgan fingerprint density at radius 2 is 1.81 bits per heavy atom. The third kappa shape index (κ3) is 4.07. The van der Waals surface area contributed by atoms with Gasteiger partial charge in [0.05, 0.1) is 11.4 Å². The summed E-state index contributed by atoms with van der Waals surface area (Å²) in [6.45, 7) is 0.677. The monoisotopic (exact) mass is 381 g/mol. The largest absolute Gasteiger partial charge is 0.397 e. The number of rotatable bonds is 5. The highest BCUT2D eigenvalue weighted by Gasteiger charge is 2.21. The predicted molar refractivity (Wildman–Crippen MR) is 110 cm³/mol. The van der Waals surface area contributed by atoms with Gasteiger partial charge in [-0.05, 0) is 65.9 Å². The van der Waals surface area contributed by atoms with Gasteiger partial charge >= 0.3 is 0 Å². The quantitative estimate of drug-likeness (QED) is 0.541. The van der Waals surface area contributed by atoms with Crippen molar-refractivity contribution in [3.8, 4) is 0 Å². The van der Waals surface area contributed by atoms with Crippen LogP contribution in [0.4, 0.5) is 21.5 Å². The highest BCUT2D eigenvalue weighted by Crippen LogP contribution is 2.28. The van der Waals surface area contributed by atoms with Crippen molar-refractivity contribution in [2.45, 2.75) is 25.4 Å². The molecular formula is C22H21ClFN3. The molecule has 0 saturated heterocycles. The van der Waals surface area contributed by atoms with Gasteiger partial charge < -0.3 is 16.4 Å². The molecule has 3 aromatic rings. The number of hydrogen-bond donors (Lipinski definition) is 3. The maximum Gasteiger partial charge on any atom is 0.125 e. The van der Waals surface area contributed by atoms with Gasteiger partial charge in [-0.3, -0.25) is 0 Å². The van der Waals surface area contributed by atoms with Crippen LogP contribution < -0.4 is 16.4 Å². The highest BCUT2D eigenvalue weighted by molar-refractivity contribution is 6.30. The first-order chi connectivity index (χ1) is 13.1. The third-order valence-electron chi connectivity index (χ3n) is 4.98. The van der Waals surface area contributed by atoms with Crippen LogP contribution in [0.15, 0.2) is 60.7 Å². The summed E-state index contributed by atoms with van der Waals surface area (Å²) in [6, 6.07) is 18.7. The smallest absolute Gasteiger partial charge is 0.125 e. The molecule has 1 aliphatic rings. The topological polar surface area (TPSA) is 50.1 Å². The van der Waals surface area contributed by atoms with E-state index in [0.29, 0.717) is 24.0 Å². The normalized spacial score (nSPS) is 15.6. The lowest BCUT2D eigenvalue weighted by Crippen LogP contribution is -2.29. The molecule has 0 aromatic heterocycles. The Labute approximate surface area is 163 Å². The SMILES string of the molecule is Nc1c(CNC2Cc3ccc(Cl)cc3C2)cccc1Nc1cccc(F)c1. The molecule has 5 heteroatoms. The Bertz CT molecular complexity index is 974. The molecule has 3 aromatic carbocycles. The Morgan fingerprint density at radius 1 is 1.00 bits per heavy atom. The summed E-state index contributed by atoms with van der Waals surface area (Å²) in [6.07, 6.45) is 1.96. The third-order valence-corrected chi connectivity index (χ3v) is 5.22. The number of halogens is 2. The van der Waals surface area contributed by atoms with E-state index in [9.17, 15) is 4.39 Å². The first-order valence-electron chi connectivity index (χ1n) is 8.99. The summed E-state index contributed by atoms with van der Waals surface area (Å²) < 4.78 is 13.4. The molecule has 0 spiro atoms. The number of fused-ring (bicyclic) bond motifs is 1. The van der Waals surface area contributed by atoms with E-state index in [1.807, 2.05) is 30.3 Å². The van der Waals surface area contributed by atoms with Crippen LogP contribution >= 0.6 is 11.6 Å². The molecule has 1 unspecified atom stereocenters. The molecule has 0 radical (unpaired) electrons. The second kappa shape index (κ2) is 7.59. The molecule has 138 valence electrons. The van der Waals surface area contributed by atoms with Gasteiger partial charge in [0.2, 0.25) is 0 Å². The van der Waals surface area contributed by atoms with E-state index in [-0.39, 0.29) is 5.82 Å². The maximum atomic E-state index is 13.4. The number of nitrogen functional groups attached to an aromatic ring is 1. The summed E-state index contributed by atoms with van der Waals surface area (Å²) in [7, 11) is 0. The van der Waals surface area contributed by atoms with Crippen LogP contribution in [0, 0.1) is 5.82 Å². The molecule has 1 aliphatic carbocycles. The maximum absolute atomic E-state index is 13.4. The Morgan fingerprint density at radius 3 is 2.67 bits per heavy atom. The van der Waals surface area contributed by atoms with Gasteiger partial charge in [0.25, 0.3) is 0 Å². The fourth-order valence-corrected chi connectivity index (χ4v) is 3.78. The highest BCUT2D eigenvalue weighted by atomic mass is 35.5. The molecule has 0 amide bonds.